The highest BCUT2D eigenvalue weighted by Gasteiger charge is 2.35. The number of hydrogen-bond donors (Lipinski definition) is 2. The van der Waals surface area contributed by atoms with Crippen LogP contribution in [0.3, 0.4) is 0 Å². The average Bonchev–Trinajstić information content (AvgIpc) is 2.93. The Morgan fingerprint density at radius 3 is 2.24 bits per heavy atom. The van der Waals surface area contributed by atoms with Gasteiger partial charge in [-0.25, -0.2) is 4.79 Å². The van der Waals surface area contributed by atoms with Crippen LogP contribution in [0.15, 0.2) is 66.7 Å². The number of carbonyl (C=O) groups excluding carboxylic acids is 2. The predicted octanol–water partition coefficient (Wildman–Crippen LogP) is 6.71. The molecule has 2 N–H and O–H groups in total. The van der Waals surface area contributed by atoms with Gasteiger partial charge in [-0.3, -0.25) is 4.79 Å². The number of nitrogens with one attached hydrogen (secondary N) is 2. The number of alkyl carbamates (subject to hydrolysis) is 1. The Morgan fingerprint density at radius 1 is 0.857 bits per heavy atom. The molecule has 0 bridgehead atoms. The van der Waals surface area contributed by atoms with Gasteiger partial charge in [0.15, 0.2) is 0 Å². The number of hydrogen-bond acceptors (Lipinski definition) is 6. The summed E-state index contributed by atoms with van der Waals surface area (Å²) >= 11 is 0. The van der Waals surface area contributed by atoms with Gasteiger partial charge in [-0.05, 0) is 79.8 Å². The number of methoxy groups -OCH3 is 1. The summed E-state index contributed by atoms with van der Waals surface area (Å²) in [6, 6.07) is 18.4. The minimum atomic E-state index is -4.37. The van der Waals surface area contributed by atoms with Crippen molar-refractivity contribution in [3.05, 3.63) is 89.0 Å². The molecular formula is C32H37F3N2O5. The standard InChI is InChI=1S/C32H37F3N2O5/c1-21(32(33,34)35)36-19-23-13-24(20-41-28-12-7-6-10-26(28)17-29(38)40-5)16-27(15-23)25-11-8-9-22(14-25)18-37-30(39)42-31(2,3)4/h6-16,21,36H,17-20H2,1-5H3,(H,37,39). The van der Waals surface area contributed by atoms with Crippen LogP contribution in [-0.2, 0) is 40.4 Å². The summed E-state index contributed by atoms with van der Waals surface area (Å²) in [5.74, 6) is 0.107. The third kappa shape index (κ3) is 10.4. The first kappa shape index (κ1) is 32.5. The Balaban J connectivity index is 1.86. The molecule has 3 rings (SSSR count). The number of halogens is 3. The smallest absolute Gasteiger partial charge is 0.407 e. The van der Waals surface area contributed by atoms with Crippen LogP contribution in [-0.4, -0.2) is 37.0 Å². The third-order valence-electron chi connectivity index (χ3n) is 6.18. The van der Waals surface area contributed by atoms with E-state index in [4.69, 9.17) is 14.2 Å². The maximum absolute atomic E-state index is 13.1. The average molecular weight is 587 g/mol. The van der Waals surface area contributed by atoms with Gasteiger partial charge < -0.3 is 24.8 Å². The van der Waals surface area contributed by atoms with E-state index < -0.39 is 29.9 Å². The molecule has 3 aromatic rings. The Morgan fingerprint density at radius 2 is 1.55 bits per heavy atom. The summed E-state index contributed by atoms with van der Waals surface area (Å²) in [5.41, 5.74) is 3.82. The number of para-hydroxylation sites is 1. The van der Waals surface area contributed by atoms with Crippen molar-refractivity contribution in [1.29, 1.82) is 0 Å². The van der Waals surface area contributed by atoms with Gasteiger partial charge in [-0.15, -0.1) is 0 Å². The van der Waals surface area contributed by atoms with E-state index in [1.807, 2.05) is 36.4 Å². The quantitative estimate of drug-likeness (QED) is 0.243. The minimum absolute atomic E-state index is 0.0136. The molecule has 0 aliphatic heterocycles. The fourth-order valence-corrected chi connectivity index (χ4v) is 4.03. The molecule has 0 spiro atoms. The molecule has 0 saturated heterocycles. The second-order valence-electron chi connectivity index (χ2n) is 10.9. The van der Waals surface area contributed by atoms with Crippen molar-refractivity contribution in [2.75, 3.05) is 7.11 Å². The largest absolute Gasteiger partial charge is 0.489 e. The van der Waals surface area contributed by atoms with Gasteiger partial charge in [-0.2, -0.15) is 13.2 Å². The molecule has 0 aliphatic rings. The fraction of sp³-hybridized carbons (Fsp3) is 0.375. The van der Waals surface area contributed by atoms with E-state index >= 15 is 0 Å². The highest BCUT2D eigenvalue weighted by Crippen LogP contribution is 2.27. The fourth-order valence-electron chi connectivity index (χ4n) is 4.03. The van der Waals surface area contributed by atoms with Crippen LogP contribution in [0.4, 0.5) is 18.0 Å². The minimum Gasteiger partial charge on any atom is -0.489 e. The maximum Gasteiger partial charge on any atom is 0.407 e. The molecule has 10 heteroatoms. The highest BCUT2D eigenvalue weighted by molar-refractivity contribution is 5.73. The van der Waals surface area contributed by atoms with Gasteiger partial charge in [0, 0.05) is 18.7 Å². The van der Waals surface area contributed by atoms with Crippen molar-refractivity contribution in [3.63, 3.8) is 0 Å². The lowest BCUT2D eigenvalue weighted by Gasteiger charge is -2.20. The first-order valence-corrected chi connectivity index (χ1v) is 13.5. The number of benzene rings is 3. The molecule has 0 aromatic heterocycles. The number of esters is 1. The molecule has 1 unspecified atom stereocenters. The molecule has 3 aromatic carbocycles. The summed E-state index contributed by atoms with van der Waals surface area (Å²) in [6.07, 6.45) is -4.87. The normalized spacial score (nSPS) is 12.4. The van der Waals surface area contributed by atoms with Gasteiger partial charge in [0.25, 0.3) is 0 Å². The lowest BCUT2D eigenvalue weighted by Crippen LogP contribution is -2.39. The highest BCUT2D eigenvalue weighted by atomic mass is 19.4. The van der Waals surface area contributed by atoms with Gasteiger partial charge >= 0.3 is 18.2 Å². The molecule has 226 valence electrons. The van der Waals surface area contributed by atoms with Crippen LogP contribution in [0.1, 0.15) is 49.9 Å². The third-order valence-corrected chi connectivity index (χ3v) is 6.18. The topological polar surface area (TPSA) is 85.9 Å². The first-order chi connectivity index (χ1) is 19.7. The number of carbonyl (C=O) groups is 2. The second kappa shape index (κ2) is 14.2. The Bertz CT molecular complexity index is 1370. The van der Waals surface area contributed by atoms with Gasteiger partial charge in [0.1, 0.15) is 24.0 Å². The molecule has 0 heterocycles. The summed E-state index contributed by atoms with van der Waals surface area (Å²) in [4.78, 5) is 23.9. The van der Waals surface area contributed by atoms with Crippen LogP contribution in [0, 0.1) is 0 Å². The molecule has 0 fully saturated rings. The van der Waals surface area contributed by atoms with Crippen LogP contribution in [0.5, 0.6) is 5.75 Å². The van der Waals surface area contributed by atoms with Gasteiger partial charge in [0.05, 0.1) is 13.5 Å². The first-order valence-electron chi connectivity index (χ1n) is 13.5. The van der Waals surface area contributed by atoms with Crippen LogP contribution in [0.2, 0.25) is 0 Å². The lowest BCUT2D eigenvalue weighted by atomic mass is 9.98. The second-order valence-corrected chi connectivity index (χ2v) is 10.9. The number of alkyl halides is 3. The van der Waals surface area contributed by atoms with Crippen LogP contribution >= 0.6 is 0 Å². The molecule has 0 radical (unpaired) electrons. The van der Waals surface area contributed by atoms with Gasteiger partial charge in [0.2, 0.25) is 0 Å². The Labute approximate surface area is 244 Å². The van der Waals surface area contributed by atoms with Crippen LogP contribution in [0.25, 0.3) is 11.1 Å². The van der Waals surface area contributed by atoms with E-state index in [9.17, 15) is 22.8 Å². The monoisotopic (exact) mass is 586 g/mol. The van der Waals surface area contributed by atoms with Crippen molar-refractivity contribution < 1.29 is 37.0 Å². The Kier molecular flexibility index (Phi) is 11.0. The number of ether oxygens (including phenoxy) is 3. The van der Waals surface area contributed by atoms with Crippen molar-refractivity contribution in [2.45, 2.75) is 71.6 Å². The zero-order valence-corrected chi connectivity index (χ0v) is 24.4. The van der Waals surface area contributed by atoms with E-state index in [0.29, 0.717) is 16.9 Å². The van der Waals surface area contributed by atoms with Crippen molar-refractivity contribution in [2.24, 2.45) is 0 Å². The van der Waals surface area contributed by atoms with E-state index in [2.05, 4.69) is 10.6 Å². The van der Waals surface area contributed by atoms with E-state index in [1.165, 1.54) is 7.11 Å². The maximum atomic E-state index is 13.1. The Hall–Kier alpha value is -4.05. The summed E-state index contributed by atoms with van der Waals surface area (Å²) in [6.45, 7) is 6.76. The molecule has 1 atom stereocenters. The number of amides is 1. The predicted molar refractivity (Wildman–Crippen MR) is 154 cm³/mol. The zero-order chi connectivity index (χ0) is 30.9. The summed E-state index contributed by atoms with van der Waals surface area (Å²) in [7, 11) is 1.31. The summed E-state index contributed by atoms with van der Waals surface area (Å²) in [5, 5.41) is 5.27. The van der Waals surface area contributed by atoms with Crippen LogP contribution < -0.4 is 15.4 Å². The van der Waals surface area contributed by atoms with Crippen molar-refractivity contribution >= 4 is 12.1 Å². The lowest BCUT2D eigenvalue weighted by molar-refractivity contribution is -0.151. The molecule has 0 aliphatic carbocycles. The van der Waals surface area contributed by atoms with E-state index in [0.717, 1.165) is 29.2 Å². The zero-order valence-electron chi connectivity index (χ0n) is 24.4. The molecule has 42 heavy (non-hydrogen) atoms. The number of rotatable bonds is 11. The van der Waals surface area contributed by atoms with E-state index in [-0.39, 0.29) is 26.1 Å². The van der Waals surface area contributed by atoms with Gasteiger partial charge in [-0.1, -0.05) is 42.5 Å². The van der Waals surface area contributed by atoms with Crippen molar-refractivity contribution in [3.8, 4) is 16.9 Å². The SMILES string of the molecule is COC(=O)Cc1ccccc1OCc1cc(CNC(C)C(F)(F)F)cc(-c2cccc(CNC(=O)OC(C)(C)C)c2)c1. The van der Waals surface area contributed by atoms with Crippen molar-refractivity contribution in [1.82, 2.24) is 10.6 Å². The van der Waals surface area contributed by atoms with E-state index in [1.54, 1.807) is 51.1 Å². The summed E-state index contributed by atoms with van der Waals surface area (Å²) < 4.78 is 55.6. The molecule has 7 nitrogen and oxygen atoms in total. The molecular weight excluding hydrogens is 549 g/mol. The molecule has 0 saturated carbocycles. The molecule has 1 amide bonds.